The highest BCUT2D eigenvalue weighted by Crippen LogP contribution is 2.34. The standard InChI is InChI=1S/C26H22N2O6S/c1-32-21-13-19(20(14-22(21)33-2)28-25(30)23-8-5-11-35-23)26(31)34-15-24(29)27-18-10-9-16-6-3-4-7-17(16)12-18/h3-14H,15H2,1-2H3,(H,27,29)(H,28,30). The SMILES string of the molecule is COc1cc(NC(=O)c2cccs2)c(C(=O)OCC(=O)Nc2ccc3ccccc3c2)cc1OC. The molecule has 0 unspecified atom stereocenters. The van der Waals surface area contributed by atoms with E-state index in [0.717, 1.165) is 10.8 Å². The Labute approximate surface area is 205 Å². The summed E-state index contributed by atoms with van der Waals surface area (Å²) in [5.74, 6) is -1.11. The summed E-state index contributed by atoms with van der Waals surface area (Å²) < 4.78 is 15.8. The largest absolute Gasteiger partial charge is 0.493 e. The maximum absolute atomic E-state index is 12.9. The number of carbonyl (C=O) groups is 3. The molecule has 4 rings (SSSR count). The summed E-state index contributed by atoms with van der Waals surface area (Å²) in [6.07, 6.45) is 0. The van der Waals surface area contributed by atoms with Gasteiger partial charge < -0.3 is 24.8 Å². The van der Waals surface area contributed by atoms with Crippen molar-refractivity contribution in [3.63, 3.8) is 0 Å². The second-order valence-corrected chi connectivity index (χ2v) is 8.32. The number of thiophene rings is 1. The van der Waals surface area contributed by atoms with Crippen LogP contribution in [0.3, 0.4) is 0 Å². The molecule has 0 bridgehead atoms. The summed E-state index contributed by atoms with van der Waals surface area (Å²) in [5.41, 5.74) is 0.770. The van der Waals surface area contributed by atoms with E-state index in [2.05, 4.69) is 10.6 Å². The van der Waals surface area contributed by atoms with Gasteiger partial charge in [-0.15, -0.1) is 11.3 Å². The van der Waals surface area contributed by atoms with Gasteiger partial charge in [-0.1, -0.05) is 36.4 Å². The van der Waals surface area contributed by atoms with E-state index in [1.807, 2.05) is 36.4 Å². The minimum absolute atomic E-state index is 0.0195. The van der Waals surface area contributed by atoms with Crippen LogP contribution in [0.5, 0.6) is 11.5 Å². The molecule has 178 valence electrons. The van der Waals surface area contributed by atoms with Crippen molar-refractivity contribution in [2.75, 3.05) is 31.5 Å². The summed E-state index contributed by atoms with van der Waals surface area (Å²) in [6, 6.07) is 19.5. The van der Waals surface area contributed by atoms with Crippen LogP contribution in [0, 0.1) is 0 Å². The van der Waals surface area contributed by atoms with E-state index in [4.69, 9.17) is 14.2 Å². The molecule has 4 aromatic rings. The Bertz CT molecular complexity index is 1380. The van der Waals surface area contributed by atoms with Crippen molar-refractivity contribution in [3.05, 3.63) is 82.6 Å². The number of ether oxygens (including phenoxy) is 3. The minimum Gasteiger partial charge on any atom is -0.493 e. The second kappa shape index (κ2) is 10.7. The minimum atomic E-state index is -0.805. The van der Waals surface area contributed by atoms with Crippen LogP contribution in [0.25, 0.3) is 10.8 Å². The number of hydrogen-bond donors (Lipinski definition) is 2. The van der Waals surface area contributed by atoms with Crippen LogP contribution in [0.1, 0.15) is 20.0 Å². The normalized spacial score (nSPS) is 10.5. The molecular formula is C26H22N2O6S. The summed E-state index contributed by atoms with van der Waals surface area (Å²) in [5, 5.41) is 9.20. The van der Waals surface area contributed by atoms with Gasteiger partial charge in [-0.05, 0) is 34.4 Å². The number of hydrogen-bond acceptors (Lipinski definition) is 7. The molecule has 0 spiro atoms. The van der Waals surface area contributed by atoms with Gasteiger partial charge in [0.15, 0.2) is 18.1 Å². The first kappa shape index (κ1) is 23.8. The molecular weight excluding hydrogens is 468 g/mol. The van der Waals surface area contributed by atoms with Crippen molar-refractivity contribution in [1.82, 2.24) is 0 Å². The number of amides is 2. The second-order valence-electron chi connectivity index (χ2n) is 7.37. The van der Waals surface area contributed by atoms with Crippen molar-refractivity contribution in [2.45, 2.75) is 0 Å². The fourth-order valence-corrected chi connectivity index (χ4v) is 4.03. The van der Waals surface area contributed by atoms with Crippen molar-refractivity contribution in [2.24, 2.45) is 0 Å². The third kappa shape index (κ3) is 5.59. The van der Waals surface area contributed by atoms with Crippen LogP contribution in [0.4, 0.5) is 11.4 Å². The molecule has 0 fully saturated rings. The van der Waals surface area contributed by atoms with E-state index in [-0.39, 0.29) is 17.0 Å². The molecule has 0 aliphatic rings. The first-order chi connectivity index (χ1) is 17.0. The van der Waals surface area contributed by atoms with Gasteiger partial charge in [0.1, 0.15) is 0 Å². The van der Waals surface area contributed by atoms with Crippen LogP contribution in [-0.4, -0.2) is 38.6 Å². The Kier molecular flexibility index (Phi) is 7.27. The quantitative estimate of drug-likeness (QED) is 0.338. The molecule has 1 heterocycles. The van der Waals surface area contributed by atoms with Gasteiger partial charge in [-0.2, -0.15) is 0 Å². The first-order valence-electron chi connectivity index (χ1n) is 10.5. The Morgan fingerprint density at radius 2 is 1.57 bits per heavy atom. The lowest BCUT2D eigenvalue weighted by molar-refractivity contribution is -0.119. The zero-order chi connectivity index (χ0) is 24.8. The molecule has 0 aliphatic carbocycles. The maximum atomic E-state index is 12.9. The highest BCUT2D eigenvalue weighted by atomic mass is 32.1. The lowest BCUT2D eigenvalue weighted by atomic mass is 10.1. The van der Waals surface area contributed by atoms with Gasteiger partial charge in [0.05, 0.1) is 30.3 Å². The zero-order valence-corrected chi connectivity index (χ0v) is 19.8. The molecule has 2 N–H and O–H groups in total. The molecule has 0 saturated heterocycles. The van der Waals surface area contributed by atoms with Gasteiger partial charge in [0.2, 0.25) is 0 Å². The lowest BCUT2D eigenvalue weighted by Crippen LogP contribution is -2.22. The number of benzene rings is 3. The van der Waals surface area contributed by atoms with Crippen LogP contribution in [-0.2, 0) is 9.53 Å². The van der Waals surface area contributed by atoms with E-state index < -0.39 is 24.4 Å². The average molecular weight is 491 g/mol. The Morgan fingerprint density at radius 3 is 2.29 bits per heavy atom. The first-order valence-corrected chi connectivity index (χ1v) is 11.4. The predicted molar refractivity (Wildman–Crippen MR) is 135 cm³/mol. The molecule has 9 heteroatoms. The van der Waals surface area contributed by atoms with E-state index >= 15 is 0 Å². The lowest BCUT2D eigenvalue weighted by Gasteiger charge is -2.15. The van der Waals surface area contributed by atoms with E-state index in [0.29, 0.717) is 16.3 Å². The summed E-state index contributed by atoms with van der Waals surface area (Å²) in [6.45, 7) is -0.516. The van der Waals surface area contributed by atoms with Crippen molar-refractivity contribution in [3.8, 4) is 11.5 Å². The monoisotopic (exact) mass is 490 g/mol. The third-order valence-corrected chi connectivity index (χ3v) is 5.97. The Balaban J connectivity index is 1.48. The third-order valence-electron chi connectivity index (χ3n) is 5.10. The molecule has 8 nitrogen and oxygen atoms in total. The molecule has 35 heavy (non-hydrogen) atoms. The van der Waals surface area contributed by atoms with Crippen LogP contribution < -0.4 is 20.1 Å². The molecule has 0 atom stereocenters. The summed E-state index contributed by atoms with van der Waals surface area (Å²) in [7, 11) is 2.87. The van der Waals surface area contributed by atoms with Crippen LogP contribution in [0.2, 0.25) is 0 Å². The highest BCUT2D eigenvalue weighted by molar-refractivity contribution is 7.12. The Hall–Kier alpha value is -4.37. The van der Waals surface area contributed by atoms with Crippen molar-refractivity contribution < 1.29 is 28.6 Å². The number of carbonyl (C=O) groups excluding carboxylic acids is 3. The van der Waals surface area contributed by atoms with Gasteiger partial charge in [-0.3, -0.25) is 9.59 Å². The number of anilines is 2. The number of rotatable bonds is 8. The number of esters is 1. The summed E-state index contributed by atoms with van der Waals surface area (Å²) in [4.78, 5) is 38.4. The zero-order valence-electron chi connectivity index (χ0n) is 19.0. The number of fused-ring (bicyclic) bond motifs is 1. The van der Waals surface area contributed by atoms with Gasteiger partial charge in [0.25, 0.3) is 11.8 Å². The molecule has 3 aromatic carbocycles. The van der Waals surface area contributed by atoms with E-state index in [1.165, 1.54) is 37.7 Å². The van der Waals surface area contributed by atoms with Crippen molar-refractivity contribution in [1.29, 1.82) is 0 Å². The smallest absolute Gasteiger partial charge is 0.340 e. The number of nitrogens with one attached hydrogen (secondary N) is 2. The topological polar surface area (TPSA) is 103 Å². The molecule has 1 aromatic heterocycles. The average Bonchev–Trinajstić information content (AvgIpc) is 3.42. The molecule has 0 radical (unpaired) electrons. The molecule has 2 amide bonds. The van der Waals surface area contributed by atoms with Crippen molar-refractivity contribution >= 4 is 51.3 Å². The van der Waals surface area contributed by atoms with E-state index in [1.54, 1.807) is 23.6 Å². The van der Waals surface area contributed by atoms with Gasteiger partial charge in [0, 0.05) is 17.8 Å². The maximum Gasteiger partial charge on any atom is 0.340 e. The fraction of sp³-hybridized carbons (Fsp3) is 0.115. The van der Waals surface area contributed by atoms with E-state index in [9.17, 15) is 14.4 Å². The molecule has 0 aliphatic heterocycles. The van der Waals surface area contributed by atoms with Gasteiger partial charge >= 0.3 is 5.97 Å². The summed E-state index contributed by atoms with van der Waals surface area (Å²) >= 11 is 1.26. The highest BCUT2D eigenvalue weighted by Gasteiger charge is 2.21. The fourth-order valence-electron chi connectivity index (χ4n) is 3.42. The number of methoxy groups -OCH3 is 2. The predicted octanol–water partition coefficient (Wildman–Crippen LogP) is 4.97. The van der Waals surface area contributed by atoms with Crippen LogP contribution >= 0.6 is 11.3 Å². The molecule has 0 saturated carbocycles. The van der Waals surface area contributed by atoms with Crippen LogP contribution in [0.15, 0.2) is 72.1 Å². The Morgan fingerprint density at radius 1 is 0.829 bits per heavy atom. The van der Waals surface area contributed by atoms with Gasteiger partial charge in [-0.25, -0.2) is 4.79 Å².